The first-order chi connectivity index (χ1) is 10.3. The number of amides is 1. The van der Waals surface area contributed by atoms with Gasteiger partial charge in [0.25, 0.3) is 0 Å². The molecule has 1 heterocycles. The number of nitrogens with zero attached hydrogens (tertiary/aromatic N) is 1. The maximum atomic E-state index is 11.9. The van der Waals surface area contributed by atoms with E-state index in [1.807, 2.05) is 38.1 Å². The van der Waals surface area contributed by atoms with E-state index in [-0.39, 0.29) is 5.91 Å². The Labute approximate surface area is 130 Å². The zero-order chi connectivity index (χ0) is 16.3. The van der Waals surface area contributed by atoms with Crippen molar-refractivity contribution >= 4 is 11.6 Å². The summed E-state index contributed by atoms with van der Waals surface area (Å²) < 4.78 is 5.80. The SMILES string of the molecule is Cc1ccnc(Oc2cc(NC(=O)C(C)(C)N)ccc2C)c1. The molecular weight excluding hydrogens is 278 g/mol. The molecule has 5 nitrogen and oxygen atoms in total. The monoisotopic (exact) mass is 299 g/mol. The van der Waals surface area contributed by atoms with Crippen LogP contribution in [-0.4, -0.2) is 16.4 Å². The molecule has 2 aromatic rings. The lowest BCUT2D eigenvalue weighted by molar-refractivity contribution is -0.120. The molecule has 0 fully saturated rings. The van der Waals surface area contributed by atoms with Gasteiger partial charge in [0.05, 0.1) is 5.54 Å². The van der Waals surface area contributed by atoms with Crippen LogP contribution in [0, 0.1) is 13.8 Å². The number of anilines is 1. The molecule has 22 heavy (non-hydrogen) atoms. The van der Waals surface area contributed by atoms with Gasteiger partial charge in [0.1, 0.15) is 5.75 Å². The van der Waals surface area contributed by atoms with Crippen molar-refractivity contribution < 1.29 is 9.53 Å². The Bertz CT molecular complexity index is 691. The van der Waals surface area contributed by atoms with E-state index in [1.165, 1.54) is 0 Å². The summed E-state index contributed by atoms with van der Waals surface area (Å²) in [5.74, 6) is 0.910. The first kappa shape index (κ1) is 16.0. The number of hydrogen-bond donors (Lipinski definition) is 2. The van der Waals surface area contributed by atoms with Crippen molar-refractivity contribution in [3.63, 3.8) is 0 Å². The largest absolute Gasteiger partial charge is 0.439 e. The van der Waals surface area contributed by atoms with Crippen LogP contribution < -0.4 is 15.8 Å². The maximum absolute atomic E-state index is 11.9. The molecule has 1 amide bonds. The first-order valence-corrected chi connectivity index (χ1v) is 7.07. The molecule has 0 radical (unpaired) electrons. The molecule has 116 valence electrons. The number of aryl methyl sites for hydroxylation is 2. The zero-order valence-corrected chi connectivity index (χ0v) is 13.3. The number of rotatable bonds is 4. The molecule has 0 bridgehead atoms. The van der Waals surface area contributed by atoms with Gasteiger partial charge in [-0.1, -0.05) is 6.07 Å². The number of pyridine rings is 1. The van der Waals surface area contributed by atoms with Crippen LogP contribution in [0.15, 0.2) is 36.5 Å². The number of benzene rings is 1. The fraction of sp³-hybridized carbons (Fsp3) is 0.294. The van der Waals surface area contributed by atoms with Crippen molar-refractivity contribution in [2.24, 2.45) is 5.73 Å². The van der Waals surface area contributed by atoms with Crippen LogP contribution in [0.5, 0.6) is 11.6 Å². The normalized spacial score (nSPS) is 11.1. The fourth-order valence-corrected chi connectivity index (χ4v) is 1.76. The minimum absolute atomic E-state index is 0.254. The molecule has 0 saturated carbocycles. The molecule has 0 spiro atoms. The van der Waals surface area contributed by atoms with E-state index in [0.29, 0.717) is 17.3 Å². The van der Waals surface area contributed by atoms with Gasteiger partial charge in [-0.3, -0.25) is 4.79 Å². The Morgan fingerprint density at radius 2 is 1.95 bits per heavy atom. The molecule has 2 rings (SSSR count). The van der Waals surface area contributed by atoms with E-state index >= 15 is 0 Å². The predicted octanol–water partition coefficient (Wildman–Crippen LogP) is 3.17. The Balaban J connectivity index is 2.22. The second-order valence-electron chi connectivity index (χ2n) is 5.93. The van der Waals surface area contributed by atoms with Gasteiger partial charge in [-0.15, -0.1) is 0 Å². The highest BCUT2D eigenvalue weighted by atomic mass is 16.5. The van der Waals surface area contributed by atoms with E-state index in [1.54, 1.807) is 26.1 Å². The van der Waals surface area contributed by atoms with Crippen LogP contribution in [0.4, 0.5) is 5.69 Å². The van der Waals surface area contributed by atoms with E-state index in [0.717, 1.165) is 11.1 Å². The minimum atomic E-state index is -0.940. The zero-order valence-electron chi connectivity index (χ0n) is 13.3. The highest BCUT2D eigenvalue weighted by Crippen LogP contribution is 2.27. The molecule has 1 aromatic heterocycles. The molecule has 0 aliphatic rings. The van der Waals surface area contributed by atoms with Crippen molar-refractivity contribution in [3.8, 4) is 11.6 Å². The van der Waals surface area contributed by atoms with Gasteiger partial charge < -0.3 is 15.8 Å². The van der Waals surface area contributed by atoms with Crippen LogP contribution in [0.1, 0.15) is 25.0 Å². The van der Waals surface area contributed by atoms with E-state index < -0.39 is 5.54 Å². The molecule has 1 aromatic carbocycles. The molecule has 3 N–H and O–H groups in total. The van der Waals surface area contributed by atoms with E-state index in [4.69, 9.17) is 10.5 Å². The van der Waals surface area contributed by atoms with Gasteiger partial charge in [-0.25, -0.2) is 4.98 Å². The molecule has 0 aliphatic heterocycles. The Morgan fingerprint density at radius 3 is 2.59 bits per heavy atom. The average Bonchev–Trinajstić information content (AvgIpc) is 2.41. The molecule has 5 heteroatoms. The van der Waals surface area contributed by atoms with Crippen LogP contribution in [-0.2, 0) is 4.79 Å². The summed E-state index contributed by atoms with van der Waals surface area (Å²) in [5, 5.41) is 2.78. The average molecular weight is 299 g/mol. The summed E-state index contributed by atoms with van der Waals surface area (Å²) in [6.07, 6.45) is 1.70. The molecule has 0 saturated heterocycles. The Morgan fingerprint density at radius 1 is 1.23 bits per heavy atom. The van der Waals surface area contributed by atoms with Gasteiger partial charge in [0, 0.05) is 24.0 Å². The van der Waals surface area contributed by atoms with E-state index in [2.05, 4.69) is 10.3 Å². The van der Waals surface area contributed by atoms with Crippen LogP contribution in [0.2, 0.25) is 0 Å². The molecule has 0 aliphatic carbocycles. The molecule has 0 atom stereocenters. The third kappa shape index (κ3) is 4.05. The minimum Gasteiger partial charge on any atom is -0.439 e. The van der Waals surface area contributed by atoms with Gasteiger partial charge in [-0.05, 0) is 51.0 Å². The van der Waals surface area contributed by atoms with Crippen molar-refractivity contribution in [1.29, 1.82) is 0 Å². The number of ether oxygens (including phenoxy) is 1. The van der Waals surface area contributed by atoms with E-state index in [9.17, 15) is 4.79 Å². The number of nitrogens with one attached hydrogen (secondary N) is 1. The summed E-state index contributed by atoms with van der Waals surface area (Å²) in [4.78, 5) is 16.1. The second kappa shape index (κ2) is 6.15. The lowest BCUT2D eigenvalue weighted by atomic mass is 10.1. The Kier molecular flexibility index (Phi) is 4.47. The third-order valence-electron chi connectivity index (χ3n) is 3.14. The lowest BCUT2D eigenvalue weighted by Gasteiger charge is -2.18. The van der Waals surface area contributed by atoms with Crippen molar-refractivity contribution in [2.45, 2.75) is 33.2 Å². The number of aromatic nitrogens is 1. The molecule has 0 unspecified atom stereocenters. The standard InChI is InChI=1S/C17H21N3O2/c1-11-7-8-19-15(9-11)22-14-10-13(6-5-12(14)2)20-16(21)17(3,4)18/h5-10H,18H2,1-4H3,(H,20,21). The summed E-state index contributed by atoms with van der Waals surface area (Å²) in [5.41, 5.74) is 7.50. The maximum Gasteiger partial charge on any atom is 0.243 e. The predicted molar refractivity (Wildman–Crippen MR) is 87.1 cm³/mol. The summed E-state index contributed by atoms with van der Waals surface area (Å²) in [7, 11) is 0. The first-order valence-electron chi connectivity index (χ1n) is 7.07. The van der Waals surface area contributed by atoms with Crippen LogP contribution in [0.3, 0.4) is 0 Å². The smallest absolute Gasteiger partial charge is 0.243 e. The summed E-state index contributed by atoms with van der Waals surface area (Å²) in [6, 6.07) is 9.22. The highest BCUT2D eigenvalue weighted by Gasteiger charge is 2.22. The van der Waals surface area contributed by atoms with Crippen LogP contribution >= 0.6 is 0 Å². The second-order valence-corrected chi connectivity index (χ2v) is 5.93. The fourth-order valence-electron chi connectivity index (χ4n) is 1.76. The molecular formula is C17H21N3O2. The number of nitrogens with two attached hydrogens (primary N) is 1. The topological polar surface area (TPSA) is 77.2 Å². The number of carbonyl (C=O) groups is 1. The van der Waals surface area contributed by atoms with Crippen molar-refractivity contribution in [2.75, 3.05) is 5.32 Å². The van der Waals surface area contributed by atoms with Crippen LogP contribution in [0.25, 0.3) is 0 Å². The van der Waals surface area contributed by atoms with Gasteiger partial charge in [-0.2, -0.15) is 0 Å². The lowest BCUT2D eigenvalue weighted by Crippen LogP contribution is -2.45. The number of hydrogen-bond acceptors (Lipinski definition) is 4. The van der Waals surface area contributed by atoms with Crippen molar-refractivity contribution in [3.05, 3.63) is 47.7 Å². The number of carbonyl (C=O) groups excluding carboxylic acids is 1. The quantitative estimate of drug-likeness (QED) is 0.909. The van der Waals surface area contributed by atoms with Gasteiger partial charge >= 0.3 is 0 Å². The highest BCUT2D eigenvalue weighted by molar-refractivity contribution is 5.97. The Hall–Kier alpha value is -2.40. The summed E-state index contributed by atoms with van der Waals surface area (Å²) in [6.45, 7) is 7.22. The third-order valence-corrected chi connectivity index (χ3v) is 3.14. The summed E-state index contributed by atoms with van der Waals surface area (Å²) >= 11 is 0. The van der Waals surface area contributed by atoms with Gasteiger partial charge in [0.15, 0.2) is 0 Å². The van der Waals surface area contributed by atoms with Crippen molar-refractivity contribution in [1.82, 2.24) is 4.98 Å². The van der Waals surface area contributed by atoms with Gasteiger partial charge in [0.2, 0.25) is 11.8 Å².